The van der Waals surface area contributed by atoms with Crippen molar-refractivity contribution in [1.29, 1.82) is 0 Å². The average molecular weight is 278 g/mol. The van der Waals surface area contributed by atoms with Crippen LogP contribution in [0.4, 0.5) is 4.39 Å². The van der Waals surface area contributed by atoms with Crippen molar-refractivity contribution in [3.63, 3.8) is 0 Å². The van der Waals surface area contributed by atoms with Crippen LogP contribution in [0.15, 0.2) is 24.3 Å². The third-order valence-corrected chi connectivity index (χ3v) is 4.17. The second-order valence-electron chi connectivity index (χ2n) is 5.70. The van der Waals surface area contributed by atoms with Crippen molar-refractivity contribution in [2.24, 2.45) is 5.41 Å². The topological polar surface area (TPSA) is 41.1 Å². The maximum atomic E-state index is 12.9. The van der Waals surface area contributed by atoms with Crippen LogP contribution in [0.5, 0.6) is 0 Å². The normalized spacial score (nSPS) is 23.6. The predicted molar refractivity (Wildman–Crippen MR) is 77.8 cm³/mol. The highest BCUT2D eigenvalue weighted by atomic mass is 19.1. The quantitative estimate of drug-likeness (QED) is 0.869. The summed E-state index contributed by atoms with van der Waals surface area (Å²) in [7, 11) is 0. The van der Waals surface area contributed by atoms with E-state index in [-0.39, 0.29) is 23.2 Å². The maximum absolute atomic E-state index is 12.9. The molecule has 1 amide bonds. The number of hydrogen-bond donors (Lipinski definition) is 2. The third-order valence-electron chi connectivity index (χ3n) is 4.17. The first-order valence-corrected chi connectivity index (χ1v) is 7.34. The summed E-state index contributed by atoms with van der Waals surface area (Å²) in [5, 5.41) is 6.37. The molecule has 0 aliphatic carbocycles. The first kappa shape index (κ1) is 15.0. The van der Waals surface area contributed by atoms with Gasteiger partial charge in [-0.3, -0.25) is 4.79 Å². The molecule has 1 saturated heterocycles. The van der Waals surface area contributed by atoms with Gasteiger partial charge in [-0.15, -0.1) is 0 Å². The Morgan fingerprint density at radius 1 is 1.45 bits per heavy atom. The van der Waals surface area contributed by atoms with Gasteiger partial charge in [0.05, 0.1) is 11.5 Å². The average Bonchev–Trinajstić information content (AvgIpc) is 2.89. The van der Waals surface area contributed by atoms with Gasteiger partial charge in [-0.05, 0) is 44.0 Å². The van der Waals surface area contributed by atoms with Crippen LogP contribution in [0.3, 0.4) is 0 Å². The van der Waals surface area contributed by atoms with Crippen molar-refractivity contribution in [3.8, 4) is 0 Å². The van der Waals surface area contributed by atoms with E-state index in [1.165, 1.54) is 12.1 Å². The first-order valence-electron chi connectivity index (χ1n) is 7.34. The summed E-state index contributed by atoms with van der Waals surface area (Å²) < 4.78 is 12.9. The summed E-state index contributed by atoms with van der Waals surface area (Å²) >= 11 is 0. The highest BCUT2D eigenvalue weighted by Crippen LogP contribution is 2.32. The molecule has 0 bridgehead atoms. The Balaban J connectivity index is 2.04. The van der Waals surface area contributed by atoms with Gasteiger partial charge in [0.1, 0.15) is 5.82 Å². The molecule has 2 rings (SSSR count). The minimum absolute atomic E-state index is 0.0996. The van der Waals surface area contributed by atoms with Crippen LogP contribution in [-0.4, -0.2) is 19.0 Å². The molecule has 1 fully saturated rings. The molecule has 1 aromatic carbocycles. The molecule has 1 aromatic rings. The number of rotatable bonds is 5. The molecule has 2 N–H and O–H groups in total. The molecule has 0 spiro atoms. The second-order valence-corrected chi connectivity index (χ2v) is 5.70. The van der Waals surface area contributed by atoms with Crippen molar-refractivity contribution in [1.82, 2.24) is 10.6 Å². The van der Waals surface area contributed by atoms with Crippen LogP contribution in [0, 0.1) is 11.2 Å². The Hall–Kier alpha value is -1.42. The van der Waals surface area contributed by atoms with E-state index in [0.29, 0.717) is 0 Å². The summed E-state index contributed by atoms with van der Waals surface area (Å²) in [4.78, 5) is 12.6. The second kappa shape index (κ2) is 6.35. The van der Waals surface area contributed by atoms with E-state index in [1.807, 2.05) is 6.92 Å². The van der Waals surface area contributed by atoms with E-state index in [1.54, 1.807) is 12.1 Å². The fourth-order valence-corrected chi connectivity index (χ4v) is 2.93. The Labute approximate surface area is 120 Å². The molecule has 2 unspecified atom stereocenters. The zero-order valence-corrected chi connectivity index (χ0v) is 12.2. The van der Waals surface area contributed by atoms with Crippen LogP contribution in [0.25, 0.3) is 0 Å². The summed E-state index contributed by atoms with van der Waals surface area (Å²) in [6.07, 6.45) is 2.80. The van der Waals surface area contributed by atoms with Gasteiger partial charge in [-0.2, -0.15) is 0 Å². The first-order chi connectivity index (χ1) is 9.57. The lowest BCUT2D eigenvalue weighted by Gasteiger charge is -2.28. The van der Waals surface area contributed by atoms with E-state index >= 15 is 0 Å². The fourth-order valence-electron chi connectivity index (χ4n) is 2.93. The number of halogens is 1. The summed E-state index contributed by atoms with van der Waals surface area (Å²) in [5.41, 5.74) is 0.653. The Morgan fingerprint density at radius 3 is 2.70 bits per heavy atom. The lowest BCUT2D eigenvalue weighted by atomic mass is 9.81. The van der Waals surface area contributed by atoms with Gasteiger partial charge in [0.2, 0.25) is 5.91 Å². The molecule has 2 atom stereocenters. The van der Waals surface area contributed by atoms with Crippen molar-refractivity contribution in [2.45, 2.75) is 39.2 Å². The SMILES string of the molecule is CCCC1(C(=O)NC(C)c2ccc(F)cc2)CCNC1. The van der Waals surface area contributed by atoms with Crippen molar-refractivity contribution >= 4 is 5.91 Å². The van der Waals surface area contributed by atoms with Gasteiger partial charge < -0.3 is 10.6 Å². The molecular weight excluding hydrogens is 255 g/mol. The molecule has 1 heterocycles. The van der Waals surface area contributed by atoms with E-state index in [4.69, 9.17) is 0 Å². The number of carbonyl (C=O) groups excluding carboxylic acids is 1. The van der Waals surface area contributed by atoms with E-state index in [0.717, 1.165) is 37.9 Å². The summed E-state index contributed by atoms with van der Waals surface area (Å²) in [5.74, 6) is -0.143. The van der Waals surface area contributed by atoms with Gasteiger partial charge in [-0.25, -0.2) is 4.39 Å². The Bertz CT molecular complexity index is 452. The van der Waals surface area contributed by atoms with E-state index < -0.39 is 0 Å². The molecule has 20 heavy (non-hydrogen) atoms. The van der Waals surface area contributed by atoms with E-state index in [9.17, 15) is 9.18 Å². The molecule has 4 heteroatoms. The molecule has 0 aromatic heterocycles. The molecule has 1 aliphatic heterocycles. The number of amides is 1. The highest BCUT2D eigenvalue weighted by molar-refractivity contribution is 5.83. The Morgan fingerprint density at radius 2 is 2.15 bits per heavy atom. The van der Waals surface area contributed by atoms with Gasteiger partial charge in [0, 0.05) is 6.54 Å². The minimum atomic E-state index is -0.275. The zero-order chi connectivity index (χ0) is 14.6. The van der Waals surface area contributed by atoms with Crippen molar-refractivity contribution in [2.75, 3.05) is 13.1 Å². The predicted octanol–water partition coefficient (Wildman–Crippen LogP) is 2.78. The number of hydrogen-bond acceptors (Lipinski definition) is 2. The number of benzene rings is 1. The molecule has 0 saturated carbocycles. The third kappa shape index (κ3) is 3.18. The number of carbonyl (C=O) groups is 1. The minimum Gasteiger partial charge on any atom is -0.349 e. The van der Waals surface area contributed by atoms with Crippen molar-refractivity contribution < 1.29 is 9.18 Å². The maximum Gasteiger partial charge on any atom is 0.228 e. The van der Waals surface area contributed by atoms with Gasteiger partial charge in [0.15, 0.2) is 0 Å². The molecular formula is C16H23FN2O. The van der Waals surface area contributed by atoms with Crippen LogP contribution in [0.1, 0.15) is 44.7 Å². The Kier molecular flexibility index (Phi) is 4.76. The highest BCUT2D eigenvalue weighted by Gasteiger charge is 2.40. The molecule has 3 nitrogen and oxygen atoms in total. The zero-order valence-electron chi connectivity index (χ0n) is 12.2. The lowest BCUT2D eigenvalue weighted by Crippen LogP contribution is -2.43. The lowest BCUT2D eigenvalue weighted by molar-refractivity contribution is -0.131. The molecule has 0 radical (unpaired) electrons. The van der Waals surface area contributed by atoms with Crippen molar-refractivity contribution in [3.05, 3.63) is 35.6 Å². The summed E-state index contributed by atoms with van der Waals surface area (Å²) in [6.45, 7) is 5.70. The molecule has 110 valence electrons. The largest absolute Gasteiger partial charge is 0.349 e. The van der Waals surface area contributed by atoms with E-state index in [2.05, 4.69) is 17.6 Å². The van der Waals surface area contributed by atoms with Gasteiger partial charge >= 0.3 is 0 Å². The standard InChI is InChI=1S/C16H23FN2O/c1-3-8-16(9-10-18-11-16)15(20)19-12(2)13-4-6-14(17)7-5-13/h4-7,12,18H,3,8-11H2,1-2H3,(H,19,20). The number of nitrogens with one attached hydrogen (secondary N) is 2. The monoisotopic (exact) mass is 278 g/mol. The van der Waals surface area contributed by atoms with Gasteiger partial charge in [0.25, 0.3) is 0 Å². The summed E-state index contributed by atoms with van der Waals surface area (Å²) in [6, 6.07) is 6.20. The fraction of sp³-hybridized carbons (Fsp3) is 0.562. The smallest absolute Gasteiger partial charge is 0.228 e. The van der Waals surface area contributed by atoms with Crippen LogP contribution in [-0.2, 0) is 4.79 Å². The molecule has 1 aliphatic rings. The van der Waals surface area contributed by atoms with Crippen LogP contribution < -0.4 is 10.6 Å². The van der Waals surface area contributed by atoms with Crippen LogP contribution >= 0.6 is 0 Å². The van der Waals surface area contributed by atoms with Crippen LogP contribution in [0.2, 0.25) is 0 Å². The van der Waals surface area contributed by atoms with Gasteiger partial charge in [-0.1, -0.05) is 25.5 Å².